The molecule has 0 aromatic rings. The highest BCUT2D eigenvalue weighted by molar-refractivity contribution is 7.51. The summed E-state index contributed by atoms with van der Waals surface area (Å²) < 4.78 is 15.9. The van der Waals surface area contributed by atoms with E-state index < -0.39 is 7.60 Å². The quantitative estimate of drug-likeness (QED) is 0.298. The van der Waals surface area contributed by atoms with Gasteiger partial charge in [-0.3, -0.25) is 9.36 Å². The molecule has 2 N–H and O–H groups in total. The monoisotopic (exact) mass is 336 g/mol. The van der Waals surface area contributed by atoms with Crippen molar-refractivity contribution in [2.75, 3.05) is 12.8 Å². The van der Waals surface area contributed by atoms with Crippen LogP contribution in [0, 0.1) is 5.41 Å². The fraction of sp³-hybridized carbons (Fsp3) is 0.938. The average molecular weight is 336 g/mol. The molecule has 0 aromatic carbocycles. The molecule has 0 fully saturated rings. The molecule has 0 unspecified atom stereocenters. The topological polar surface area (TPSA) is 83.8 Å². The van der Waals surface area contributed by atoms with Gasteiger partial charge in [-0.2, -0.15) is 0 Å². The SMILES string of the molecule is CCC(C)(C)C(=O)OCCCCCCCCCCP(=O)(O)O. The Kier molecular flexibility index (Phi) is 11.0. The Balaban J connectivity index is 3.34. The number of carbonyl (C=O) groups is 1. The zero-order valence-corrected chi connectivity index (χ0v) is 15.2. The predicted octanol–water partition coefficient (Wildman–Crippen LogP) is 4.26. The minimum Gasteiger partial charge on any atom is -0.465 e. The van der Waals surface area contributed by atoms with Crippen molar-refractivity contribution < 1.29 is 23.9 Å². The van der Waals surface area contributed by atoms with Crippen molar-refractivity contribution in [2.24, 2.45) is 5.41 Å². The molecule has 0 atom stereocenters. The molecule has 0 aliphatic heterocycles. The van der Waals surface area contributed by atoms with E-state index in [1.165, 1.54) is 0 Å². The Hall–Kier alpha value is -0.380. The van der Waals surface area contributed by atoms with E-state index in [1.807, 2.05) is 20.8 Å². The lowest BCUT2D eigenvalue weighted by Gasteiger charge is -2.20. The lowest BCUT2D eigenvalue weighted by atomic mass is 9.91. The maximum atomic E-state index is 11.7. The van der Waals surface area contributed by atoms with Gasteiger partial charge in [0.15, 0.2) is 0 Å². The van der Waals surface area contributed by atoms with E-state index in [4.69, 9.17) is 14.5 Å². The molecule has 0 amide bonds. The largest absolute Gasteiger partial charge is 0.465 e. The highest BCUT2D eigenvalue weighted by Crippen LogP contribution is 2.35. The van der Waals surface area contributed by atoms with Gasteiger partial charge >= 0.3 is 13.6 Å². The first kappa shape index (κ1) is 21.6. The molecule has 0 rings (SSSR count). The van der Waals surface area contributed by atoms with Crippen LogP contribution in [0.15, 0.2) is 0 Å². The van der Waals surface area contributed by atoms with Crippen molar-refractivity contribution in [3.63, 3.8) is 0 Å². The summed E-state index contributed by atoms with van der Waals surface area (Å²) >= 11 is 0. The zero-order valence-electron chi connectivity index (χ0n) is 14.3. The number of carbonyl (C=O) groups excluding carboxylic acids is 1. The second kappa shape index (κ2) is 11.2. The smallest absolute Gasteiger partial charge is 0.325 e. The highest BCUT2D eigenvalue weighted by Gasteiger charge is 2.26. The summed E-state index contributed by atoms with van der Waals surface area (Å²) in [5.41, 5.74) is -0.382. The molecule has 0 saturated carbocycles. The molecule has 0 spiro atoms. The van der Waals surface area contributed by atoms with Gasteiger partial charge in [0.25, 0.3) is 0 Å². The number of unbranched alkanes of at least 4 members (excludes halogenated alkanes) is 7. The van der Waals surface area contributed by atoms with Crippen LogP contribution in [-0.4, -0.2) is 28.5 Å². The molecule has 6 heteroatoms. The molecular formula is C16H33O5P. The first-order chi connectivity index (χ1) is 10.2. The van der Waals surface area contributed by atoms with Crippen LogP contribution in [-0.2, 0) is 14.1 Å². The molecule has 0 aliphatic carbocycles. The van der Waals surface area contributed by atoms with Crippen LogP contribution in [0.3, 0.4) is 0 Å². The second-order valence-corrected chi connectivity index (χ2v) is 8.37. The van der Waals surface area contributed by atoms with E-state index in [-0.39, 0.29) is 17.5 Å². The number of hydrogen-bond acceptors (Lipinski definition) is 3. The Bertz CT molecular complexity index is 348. The third kappa shape index (κ3) is 12.2. The molecule has 0 bridgehead atoms. The van der Waals surface area contributed by atoms with Gasteiger partial charge in [0.05, 0.1) is 12.0 Å². The minimum atomic E-state index is -3.80. The Morgan fingerprint density at radius 1 is 0.955 bits per heavy atom. The summed E-state index contributed by atoms with van der Waals surface area (Å²) in [4.78, 5) is 29.2. The van der Waals surface area contributed by atoms with Gasteiger partial charge in [0, 0.05) is 6.16 Å². The van der Waals surface area contributed by atoms with Crippen LogP contribution in [0.25, 0.3) is 0 Å². The van der Waals surface area contributed by atoms with Crippen molar-refractivity contribution in [1.29, 1.82) is 0 Å². The maximum absolute atomic E-state index is 11.7. The number of ether oxygens (including phenoxy) is 1. The Morgan fingerprint density at radius 2 is 1.41 bits per heavy atom. The molecule has 0 aromatic heterocycles. The van der Waals surface area contributed by atoms with Crippen molar-refractivity contribution in [2.45, 2.75) is 78.6 Å². The van der Waals surface area contributed by atoms with E-state index in [0.717, 1.165) is 51.4 Å². The van der Waals surface area contributed by atoms with Gasteiger partial charge in [0.1, 0.15) is 0 Å². The molecule has 132 valence electrons. The van der Waals surface area contributed by atoms with E-state index in [0.29, 0.717) is 13.0 Å². The maximum Gasteiger partial charge on any atom is 0.325 e. The van der Waals surface area contributed by atoms with Gasteiger partial charge in [0.2, 0.25) is 0 Å². The molecule has 22 heavy (non-hydrogen) atoms. The highest BCUT2D eigenvalue weighted by atomic mass is 31.2. The van der Waals surface area contributed by atoms with Crippen LogP contribution >= 0.6 is 7.60 Å². The van der Waals surface area contributed by atoms with Gasteiger partial charge in [-0.1, -0.05) is 45.4 Å². The van der Waals surface area contributed by atoms with Crippen LogP contribution in [0.5, 0.6) is 0 Å². The zero-order chi connectivity index (χ0) is 17.1. The predicted molar refractivity (Wildman–Crippen MR) is 88.9 cm³/mol. The van der Waals surface area contributed by atoms with E-state index in [9.17, 15) is 9.36 Å². The number of esters is 1. The van der Waals surface area contributed by atoms with E-state index >= 15 is 0 Å². The minimum absolute atomic E-state index is 0.00642. The van der Waals surface area contributed by atoms with Crippen molar-refractivity contribution in [3.05, 3.63) is 0 Å². The molecule has 0 aliphatic rings. The molecule has 0 heterocycles. The van der Waals surface area contributed by atoms with Crippen molar-refractivity contribution in [1.82, 2.24) is 0 Å². The summed E-state index contributed by atoms with van der Waals surface area (Å²) in [6, 6.07) is 0. The van der Waals surface area contributed by atoms with Crippen LogP contribution < -0.4 is 0 Å². The number of rotatable bonds is 13. The van der Waals surface area contributed by atoms with Crippen LogP contribution in [0.4, 0.5) is 0 Å². The average Bonchev–Trinajstić information content (AvgIpc) is 2.43. The van der Waals surface area contributed by atoms with Crippen LogP contribution in [0.1, 0.15) is 78.6 Å². The third-order valence-electron chi connectivity index (χ3n) is 4.01. The second-order valence-electron chi connectivity index (χ2n) is 6.59. The molecular weight excluding hydrogens is 303 g/mol. The first-order valence-electron chi connectivity index (χ1n) is 8.41. The van der Waals surface area contributed by atoms with Crippen LogP contribution in [0.2, 0.25) is 0 Å². The Labute approximate surface area is 135 Å². The summed E-state index contributed by atoms with van der Waals surface area (Å²) in [5.74, 6) is -0.111. The third-order valence-corrected chi connectivity index (χ3v) is 4.91. The van der Waals surface area contributed by atoms with Gasteiger partial charge in [-0.25, -0.2) is 0 Å². The van der Waals surface area contributed by atoms with Crippen molar-refractivity contribution in [3.8, 4) is 0 Å². The number of hydrogen-bond donors (Lipinski definition) is 2. The van der Waals surface area contributed by atoms with Gasteiger partial charge < -0.3 is 14.5 Å². The van der Waals surface area contributed by atoms with Gasteiger partial charge in [-0.15, -0.1) is 0 Å². The van der Waals surface area contributed by atoms with Crippen molar-refractivity contribution >= 4 is 13.6 Å². The lowest BCUT2D eigenvalue weighted by Crippen LogP contribution is -2.26. The van der Waals surface area contributed by atoms with E-state index in [1.54, 1.807) is 0 Å². The summed E-state index contributed by atoms with van der Waals surface area (Å²) in [5, 5.41) is 0. The summed E-state index contributed by atoms with van der Waals surface area (Å²) in [6.45, 7) is 6.30. The van der Waals surface area contributed by atoms with E-state index in [2.05, 4.69) is 0 Å². The molecule has 5 nitrogen and oxygen atoms in total. The lowest BCUT2D eigenvalue weighted by molar-refractivity contribution is -0.154. The summed E-state index contributed by atoms with van der Waals surface area (Å²) in [7, 11) is -3.80. The van der Waals surface area contributed by atoms with Gasteiger partial charge in [-0.05, 0) is 33.1 Å². The normalized spacial score (nSPS) is 12.4. The molecule has 0 saturated heterocycles. The Morgan fingerprint density at radius 3 is 1.86 bits per heavy atom. The molecule has 0 radical (unpaired) electrons. The summed E-state index contributed by atoms with van der Waals surface area (Å²) in [6.07, 6.45) is 8.62. The fourth-order valence-corrected chi connectivity index (χ4v) is 2.62. The fourth-order valence-electron chi connectivity index (χ4n) is 1.99. The standard InChI is InChI=1S/C16H33O5P/c1-4-16(2,3)15(17)21-13-11-9-7-5-6-8-10-12-14-22(18,19)20/h4-14H2,1-3H3,(H2,18,19,20). The first-order valence-corrected chi connectivity index (χ1v) is 10.2.